The molecule has 0 radical (unpaired) electrons. The Bertz CT molecular complexity index is 774. The van der Waals surface area contributed by atoms with E-state index in [1.54, 1.807) is 0 Å². The van der Waals surface area contributed by atoms with Crippen LogP contribution in [0.5, 0.6) is 0 Å². The molecule has 114 valence electrons. The zero-order valence-corrected chi connectivity index (χ0v) is 12.6. The minimum atomic E-state index is -2.56. The van der Waals surface area contributed by atoms with Gasteiger partial charge in [0.25, 0.3) is 0 Å². The molecule has 2 aliphatic heterocycles. The van der Waals surface area contributed by atoms with Crippen LogP contribution in [0.15, 0.2) is 12.3 Å². The van der Waals surface area contributed by atoms with E-state index >= 15 is 0 Å². The zero-order chi connectivity index (χ0) is 21.3. The van der Waals surface area contributed by atoms with Crippen molar-refractivity contribution < 1.29 is 23.6 Å². The van der Waals surface area contributed by atoms with Crippen LogP contribution in [0.1, 0.15) is 61.6 Å². The van der Waals surface area contributed by atoms with Gasteiger partial charge in [0.1, 0.15) is 0 Å². The number of hydrogen-bond donors (Lipinski definition) is 0. The highest BCUT2D eigenvalue weighted by Gasteiger charge is 2.52. The van der Waals surface area contributed by atoms with Crippen molar-refractivity contribution in [2.24, 2.45) is 0 Å². The van der Waals surface area contributed by atoms with Gasteiger partial charge in [-0.25, -0.2) is 0 Å². The van der Waals surface area contributed by atoms with Gasteiger partial charge in [-0.1, -0.05) is 0 Å². The van der Waals surface area contributed by atoms with E-state index in [1.807, 2.05) is 27.7 Å². The number of ether oxygens (including phenoxy) is 1. The zero-order valence-electron chi connectivity index (χ0n) is 19.6. The van der Waals surface area contributed by atoms with Crippen molar-refractivity contribution in [2.45, 2.75) is 57.5 Å². The molecule has 2 aliphatic rings. The molecule has 2 saturated heterocycles. The summed E-state index contributed by atoms with van der Waals surface area (Å²) in [5, 5.41) is 0. The van der Waals surface area contributed by atoms with E-state index in [-0.39, 0.29) is 5.59 Å². The lowest BCUT2D eigenvalue weighted by atomic mass is 9.84. The largest absolute Gasteiger partial charge is 0.516 e. The summed E-state index contributed by atoms with van der Waals surface area (Å²) in [5.74, 6) is -2.56. The molecule has 3 heterocycles. The standard InChI is InChI=1S/C15H23BN2O3/c1-14(2)15(3,4)21-16(20-14)13-10-17-9-12(18-13)11-5-7-19-8-6-11/h9-11H,5-8H2,1-4H3/i5D2,6D2,9D,10D,11D. The fourth-order valence-electron chi connectivity index (χ4n) is 2.01. The Morgan fingerprint density at radius 3 is 2.48 bits per heavy atom. The van der Waals surface area contributed by atoms with Gasteiger partial charge < -0.3 is 14.0 Å². The van der Waals surface area contributed by atoms with E-state index in [0.29, 0.717) is 0 Å². The fraction of sp³-hybridized carbons (Fsp3) is 0.733. The topological polar surface area (TPSA) is 53.5 Å². The Balaban J connectivity index is 2.16. The van der Waals surface area contributed by atoms with Crippen LogP contribution in [0, 0.1) is 0 Å². The molecule has 0 spiro atoms. The second kappa shape index (κ2) is 5.34. The average Bonchev–Trinajstić information content (AvgIpc) is 2.72. The van der Waals surface area contributed by atoms with Crippen LogP contribution in [-0.4, -0.2) is 41.5 Å². The third kappa shape index (κ3) is 2.85. The van der Waals surface area contributed by atoms with Crippen LogP contribution in [0.4, 0.5) is 0 Å². The van der Waals surface area contributed by atoms with Gasteiger partial charge in [-0.2, -0.15) is 0 Å². The summed E-state index contributed by atoms with van der Waals surface area (Å²) >= 11 is 0. The van der Waals surface area contributed by atoms with Crippen molar-refractivity contribution in [1.82, 2.24) is 9.97 Å². The Kier molecular flexibility index (Phi) is 2.19. The van der Waals surface area contributed by atoms with Gasteiger partial charge in [-0.3, -0.25) is 9.97 Å². The molecule has 21 heavy (non-hydrogen) atoms. The monoisotopic (exact) mass is 297 g/mol. The molecule has 3 rings (SSSR count). The van der Waals surface area contributed by atoms with Crippen molar-refractivity contribution in [3.8, 4) is 0 Å². The molecule has 0 bridgehead atoms. The Hall–Kier alpha value is -0.975. The summed E-state index contributed by atoms with van der Waals surface area (Å²) in [5.41, 5.74) is -2.08. The molecule has 0 atom stereocenters. The Labute approximate surface area is 136 Å². The van der Waals surface area contributed by atoms with Gasteiger partial charge >= 0.3 is 7.12 Å². The normalized spacial score (nSPS) is 36.4. The van der Waals surface area contributed by atoms with Crippen LogP contribution >= 0.6 is 0 Å². The molecule has 0 N–H and O–H groups in total. The van der Waals surface area contributed by atoms with E-state index in [9.17, 15) is 0 Å². The van der Waals surface area contributed by atoms with Crippen molar-refractivity contribution in [3.05, 3.63) is 18.0 Å². The third-order valence-corrected chi connectivity index (χ3v) is 3.98. The number of nitrogens with zero attached hydrogens (tertiary/aromatic N) is 2. The van der Waals surface area contributed by atoms with Gasteiger partial charge in [0, 0.05) is 38.3 Å². The summed E-state index contributed by atoms with van der Waals surface area (Å²) in [4.78, 5) is 7.94. The Morgan fingerprint density at radius 2 is 1.86 bits per heavy atom. The van der Waals surface area contributed by atoms with Crippen molar-refractivity contribution >= 4 is 12.7 Å². The van der Waals surface area contributed by atoms with Crippen molar-refractivity contribution in [3.63, 3.8) is 0 Å². The molecular formula is C15H23BN2O3. The highest BCUT2D eigenvalue weighted by atomic mass is 16.7. The molecule has 0 amide bonds. The number of rotatable bonds is 2. The maximum Gasteiger partial charge on any atom is 0.516 e. The highest BCUT2D eigenvalue weighted by Crippen LogP contribution is 2.36. The molecule has 5 nitrogen and oxygen atoms in total. The molecule has 0 unspecified atom stereocenters. The fourth-order valence-corrected chi connectivity index (χ4v) is 2.01. The minimum Gasteiger partial charge on any atom is -0.398 e. The summed E-state index contributed by atoms with van der Waals surface area (Å²) < 4.78 is 74.3. The van der Waals surface area contributed by atoms with Crippen molar-refractivity contribution in [2.75, 3.05) is 13.2 Å². The van der Waals surface area contributed by atoms with E-state index in [4.69, 9.17) is 23.6 Å². The lowest BCUT2D eigenvalue weighted by Gasteiger charge is -2.32. The van der Waals surface area contributed by atoms with Crippen LogP contribution in [-0.2, 0) is 14.0 Å². The first-order valence-electron chi connectivity index (χ1n) is 10.3. The number of hydrogen-bond acceptors (Lipinski definition) is 5. The maximum absolute atomic E-state index is 8.71. The predicted molar refractivity (Wildman–Crippen MR) is 80.5 cm³/mol. The lowest BCUT2D eigenvalue weighted by Crippen LogP contribution is -2.41. The average molecular weight is 297 g/mol. The van der Waals surface area contributed by atoms with E-state index in [1.165, 1.54) is 0 Å². The Morgan fingerprint density at radius 1 is 1.24 bits per heavy atom. The van der Waals surface area contributed by atoms with Crippen molar-refractivity contribution in [1.29, 1.82) is 0 Å². The van der Waals surface area contributed by atoms with E-state index in [0.717, 1.165) is 0 Å². The first kappa shape index (κ1) is 8.60. The van der Waals surface area contributed by atoms with Gasteiger partial charge in [-0.15, -0.1) is 0 Å². The molecular weight excluding hydrogens is 267 g/mol. The lowest BCUT2D eigenvalue weighted by molar-refractivity contribution is 0.00578. The minimum absolute atomic E-state index is 0.116. The quantitative estimate of drug-likeness (QED) is 0.777. The first-order chi connectivity index (χ1) is 12.6. The van der Waals surface area contributed by atoms with Gasteiger partial charge in [0.05, 0.1) is 25.2 Å². The van der Waals surface area contributed by atoms with Gasteiger partial charge in [-0.05, 0) is 40.4 Å². The summed E-state index contributed by atoms with van der Waals surface area (Å²) in [6.45, 7) is 6.20. The first-order valence-corrected chi connectivity index (χ1v) is 6.85. The maximum atomic E-state index is 8.71. The van der Waals surface area contributed by atoms with Crippen LogP contribution in [0.25, 0.3) is 0 Å². The summed E-state index contributed by atoms with van der Waals surface area (Å²) in [6.07, 6.45) is -5.98. The van der Waals surface area contributed by atoms with E-state index in [2.05, 4.69) is 9.97 Å². The van der Waals surface area contributed by atoms with Crippen LogP contribution < -0.4 is 5.59 Å². The second-order valence-electron chi connectivity index (χ2n) is 5.99. The molecule has 0 saturated carbocycles. The van der Waals surface area contributed by atoms with Gasteiger partial charge in [0.2, 0.25) is 0 Å². The smallest absolute Gasteiger partial charge is 0.398 e. The summed E-state index contributed by atoms with van der Waals surface area (Å²) in [6, 6.07) is 0. The number of aromatic nitrogens is 2. The third-order valence-electron chi connectivity index (χ3n) is 3.98. The molecule has 0 aliphatic carbocycles. The molecule has 1 aromatic rings. The predicted octanol–water partition coefficient (Wildman–Crippen LogP) is 1.67. The second-order valence-corrected chi connectivity index (χ2v) is 5.99. The SMILES string of the molecule is [2H]c1nc([2H])c(C2([2H])C([2H])([2H])COCC2([2H])[2H])nc1B1OC(C)(C)C(C)(C)O1. The van der Waals surface area contributed by atoms with Crippen LogP contribution in [0.3, 0.4) is 0 Å². The van der Waals surface area contributed by atoms with Gasteiger partial charge in [0.15, 0.2) is 0 Å². The molecule has 1 aromatic heterocycles. The van der Waals surface area contributed by atoms with E-state index < -0.39 is 68.2 Å². The summed E-state index contributed by atoms with van der Waals surface area (Å²) in [7, 11) is -1.11. The molecule has 0 aromatic carbocycles. The molecule has 6 heteroatoms. The highest BCUT2D eigenvalue weighted by molar-refractivity contribution is 6.61. The van der Waals surface area contributed by atoms with Crippen LogP contribution in [0.2, 0.25) is 0 Å². The molecule has 2 fully saturated rings.